The van der Waals surface area contributed by atoms with E-state index in [9.17, 15) is 0 Å². The molecule has 5 nitrogen and oxygen atoms in total. The fraction of sp³-hybridized carbons (Fsp3) is 0.667. The van der Waals surface area contributed by atoms with E-state index in [0.29, 0.717) is 0 Å². The van der Waals surface area contributed by atoms with Gasteiger partial charge in [-0.05, 0) is 35.9 Å². The topological polar surface area (TPSA) is 50.3 Å². The van der Waals surface area contributed by atoms with E-state index in [0.717, 1.165) is 60.3 Å². The molecule has 1 aromatic heterocycles. The summed E-state index contributed by atoms with van der Waals surface area (Å²) in [5.74, 6) is 1.78. The molecule has 18 heavy (non-hydrogen) atoms. The summed E-state index contributed by atoms with van der Waals surface area (Å²) >= 11 is 2.32. The minimum absolute atomic E-state index is 0.757. The van der Waals surface area contributed by atoms with E-state index >= 15 is 0 Å². The summed E-state index contributed by atoms with van der Waals surface area (Å²) in [6, 6.07) is 0. The van der Waals surface area contributed by atoms with Crippen LogP contribution in [0.3, 0.4) is 0 Å². The summed E-state index contributed by atoms with van der Waals surface area (Å²) in [5, 5.41) is 3.31. The fourth-order valence-electron chi connectivity index (χ4n) is 1.90. The van der Waals surface area contributed by atoms with Gasteiger partial charge in [-0.15, -0.1) is 0 Å². The van der Waals surface area contributed by atoms with Crippen LogP contribution in [0.25, 0.3) is 0 Å². The molecule has 0 saturated carbocycles. The Labute approximate surface area is 121 Å². The SMILES string of the molecule is CCNc1nc(N2CCOCC2)nc(CC)c1I. The molecule has 1 aliphatic rings. The van der Waals surface area contributed by atoms with Crippen molar-refractivity contribution < 1.29 is 4.74 Å². The average Bonchev–Trinajstić information content (AvgIpc) is 2.42. The van der Waals surface area contributed by atoms with Crippen LogP contribution in [0.4, 0.5) is 11.8 Å². The number of aromatic nitrogens is 2. The quantitative estimate of drug-likeness (QED) is 0.830. The number of nitrogens with zero attached hydrogens (tertiary/aromatic N) is 3. The largest absolute Gasteiger partial charge is 0.378 e. The number of hydrogen-bond acceptors (Lipinski definition) is 5. The number of ether oxygens (including phenoxy) is 1. The molecule has 2 rings (SSSR count). The normalized spacial score (nSPS) is 15.8. The highest BCUT2D eigenvalue weighted by Gasteiger charge is 2.17. The van der Waals surface area contributed by atoms with Crippen molar-refractivity contribution in [1.29, 1.82) is 0 Å². The van der Waals surface area contributed by atoms with Crippen LogP contribution >= 0.6 is 22.6 Å². The highest BCUT2D eigenvalue weighted by atomic mass is 127. The summed E-state index contributed by atoms with van der Waals surface area (Å²) in [4.78, 5) is 11.5. The number of nitrogens with one attached hydrogen (secondary N) is 1. The Morgan fingerprint density at radius 1 is 1.28 bits per heavy atom. The van der Waals surface area contributed by atoms with Crippen molar-refractivity contribution in [2.24, 2.45) is 0 Å². The third-order valence-corrected chi connectivity index (χ3v) is 4.01. The fourth-order valence-corrected chi connectivity index (χ4v) is 2.72. The molecule has 6 heteroatoms. The number of aryl methyl sites for hydroxylation is 1. The summed E-state index contributed by atoms with van der Waals surface area (Å²) in [6.07, 6.45) is 0.927. The number of anilines is 2. The second-order valence-electron chi connectivity index (χ2n) is 4.12. The molecule has 1 saturated heterocycles. The van der Waals surface area contributed by atoms with Crippen LogP contribution in [-0.4, -0.2) is 42.8 Å². The summed E-state index contributed by atoms with van der Waals surface area (Å²) in [5.41, 5.74) is 1.11. The molecule has 0 bridgehead atoms. The van der Waals surface area contributed by atoms with Crippen molar-refractivity contribution >= 4 is 34.4 Å². The standard InChI is InChI=1S/C12H19IN4O/c1-3-9-10(13)11(14-4-2)16-12(15-9)17-5-7-18-8-6-17/h3-8H2,1-2H3,(H,14,15,16). The third-order valence-electron chi connectivity index (χ3n) is 2.88. The van der Waals surface area contributed by atoms with E-state index in [2.05, 4.69) is 56.6 Å². The molecule has 1 N–H and O–H groups in total. The van der Waals surface area contributed by atoms with Gasteiger partial charge in [0, 0.05) is 19.6 Å². The Balaban J connectivity index is 2.31. The van der Waals surface area contributed by atoms with Gasteiger partial charge in [-0.2, -0.15) is 4.98 Å². The maximum absolute atomic E-state index is 5.36. The zero-order chi connectivity index (χ0) is 13.0. The van der Waals surface area contributed by atoms with E-state index in [4.69, 9.17) is 4.74 Å². The van der Waals surface area contributed by atoms with Gasteiger partial charge in [0.25, 0.3) is 0 Å². The van der Waals surface area contributed by atoms with E-state index in [1.165, 1.54) is 0 Å². The van der Waals surface area contributed by atoms with Crippen molar-refractivity contribution in [3.8, 4) is 0 Å². The number of hydrogen-bond donors (Lipinski definition) is 1. The third kappa shape index (κ3) is 3.03. The van der Waals surface area contributed by atoms with E-state index in [1.54, 1.807) is 0 Å². The van der Waals surface area contributed by atoms with Crippen molar-refractivity contribution in [3.05, 3.63) is 9.26 Å². The average molecular weight is 362 g/mol. The molecule has 0 aliphatic carbocycles. The summed E-state index contributed by atoms with van der Waals surface area (Å²) in [7, 11) is 0. The van der Waals surface area contributed by atoms with Crippen LogP contribution in [0.15, 0.2) is 0 Å². The van der Waals surface area contributed by atoms with Gasteiger partial charge >= 0.3 is 0 Å². The first-order valence-electron chi connectivity index (χ1n) is 6.39. The van der Waals surface area contributed by atoms with Gasteiger partial charge in [-0.1, -0.05) is 6.92 Å². The minimum atomic E-state index is 0.757. The molecule has 100 valence electrons. The van der Waals surface area contributed by atoms with Crippen LogP contribution in [0, 0.1) is 3.57 Å². The van der Waals surface area contributed by atoms with Gasteiger partial charge in [0.15, 0.2) is 0 Å². The van der Waals surface area contributed by atoms with Gasteiger partial charge in [-0.3, -0.25) is 0 Å². The van der Waals surface area contributed by atoms with Crippen molar-refractivity contribution in [2.45, 2.75) is 20.3 Å². The number of rotatable bonds is 4. The first-order chi connectivity index (χ1) is 8.76. The maximum Gasteiger partial charge on any atom is 0.227 e. The van der Waals surface area contributed by atoms with Crippen LogP contribution in [0.1, 0.15) is 19.5 Å². The molecule has 0 radical (unpaired) electrons. The van der Waals surface area contributed by atoms with E-state index in [1.807, 2.05) is 0 Å². The molecule has 2 heterocycles. The molecular formula is C12H19IN4O. The number of halogens is 1. The van der Waals surface area contributed by atoms with Gasteiger partial charge in [0.1, 0.15) is 5.82 Å². The molecule has 1 aliphatic heterocycles. The molecule has 1 fully saturated rings. The Morgan fingerprint density at radius 2 is 2.00 bits per heavy atom. The Kier molecular flexibility index (Phi) is 4.99. The first kappa shape index (κ1) is 13.8. The second kappa shape index (κ2) is 6.51. The maximum atomic E-state index is 5.36. The predicted molar refractivity (Wildman–Crippen MR) is 81.3 cm³/mol. The molecule has 0 unspecified atom stereocenters. The van der Waals surface area contributed by atoms with Crippen LogP contribution in [0.5, 0.6) is 0 Å². The lowest BCUT2D eigenvalue weighted by atomic mass is 10.3. The Morgan fingerprint density at radius 3 is 2.61 bits per heavy atom. The summed E-state index contributed by atoms with van der Waals surface area (Å²) < 4.78 is 6.50. The van der Waals surface area contributed by atoms with Crippen LogP contribution in [-0.2, 0) is 11.2 Å². The van der Waals surface area contributed by atoms with Crippen molar-refractivity contribution in [3.63, 3.8) is 0 Å². The Bertz CT molecular complexity index is 407. The lowest BCUT2D eigenvalue weighted by molar-refractivity contribution is 0.122. The van der Waals surface area contributed by atoms with E-state index in [-0.39, 0.29) is 0 Å². The molecule has 0 amide bonds. The molecule has 0 spiro atoms. The smallest absolute Gasteiger partial charge is 0.227 e. The summed E-state index contributed by atoms with van der Waals surface area (Å²) in [6.45, 7) is 8.34. The van der Waals surface area contributed by atoms with Crippen molar-refractivity contribution in [2.75, 3.05) is 43.1 Å². The van der Waals surface area contributed by atoms with E-state index < -0.39 is 0 Å². The lowest BCUT2D eigenvalue weighted by Gasteiger charge is -2.27. The monoisotopic (exact) mass is 362 g/mol. The second-order valence-corrected chi connectivity index (χ2v) is 5.19. The van der Waals surface area contributed by atoms with Gasteiger partial charge in [0.05, 0.1) is 22.5 Å². The highest BCUT2D eigenvalue weighted by Crippen LogP contribution is 2.23. The lowest BCUT2D eigenvalue weighted by Crippen LogP contribution is -2.37. The van der Waals surface area contributed by atoms with Crippen LogP contribution in [0.2, 0.25) is 0 Å². The first-order valence-corrected chi connectivity index (χ1v) is 7.47. The van der Waals surface area contributed by atoms with Crippen molar-refractivity contribution in [1.82, 2.24) is 9.97 Å². The highest BCUT2D eigenvalue weighted by molar-refractivity contribution is 14.1. The van der Waals surface area contributed by atoms with Gasteiger partial charge in [0.2, 0.25) is 5.95 Å². The van der Waals surface area contributed by atoms with Gasteiger partial charge in [-0.25, -0.2) is 4.98 Å². The zero-order valence-corrected chi connectivity index (χ0v) is 13.0. The predicted octanol–water partition coefficient (Wildman–Crippen LogP) is 1.91. The molecule has 0 atom stereocenters. The number of morpholine rings is 1. The molecular weight excluding hydrogens is 343 g/mol. The van der Waals surface area contributed by atoms with Crippen LogP contribution < -0.4 is 10.2 Å². The molecule has 0 aromatic carbocycles. The Hall–Kier alpha value is -0.630. The zero-order valence-electron chi connectivity index (χ0n) is 10.9. The van der Waals surface area contributed by atoms with Gasteiger partial charge < -0.3 is 15.0 Å². The molecule has 1 aromatic rings. The minimum Gasteiger partial charge on any atom is -0.378 e.